The zero-order valence-corrected chi connectivity index (χ0v) is 12.5. The molecule has 0 bridgehead atoms. The van der Waals surface area contributed by atoms with Gasteiger partial charge in [-0.25, -0.2) is 4.39 Å². The molecule has 0 radical (unpaired) electrons. The van der Waals surface area contributed by atoms with Crippen molar-refractivity contribution in [2.24, 2.45) is 0 Å². The molecule has 5 heteroatoms. The van der Waals surface area contributed by atoms with Gasteiger partial charge in [-0.15, -0.1) is 0 Å². The molecule has 0 amide bonds. The normalized spacial score (nSPS) is 17.5. The number of aliphatic hydroxyl groups excluding tert-OH is 1. The highest BCUT2D eigenvalue weighted by Gasteiger charge is 2.15. The molecule has 1 atom stereocenters. The summed E-state index contributed by atoms with van der Waals surface area (Å²) >= 11 is 0. The molecule has 2 rings (SSSR count). The molecule has 118 valence electrons. The maximum absolute atomic E-state index is 13.3. The van der Waals surface area contributed by atoms with E-state index < -0.39 is 11.9 Å². The molecule has 1 aliphatic carbocycles. The first-order valence-electron chi connectivity index (χ1n) is 7.56. The lowest BCUT2D eigenvalue weighted by Gasteiger charge is -2.23. The lowest BCUT2D eigenvalue weighted by atomic mass is 9.98. The van der Waals surface area contributed by atoms with Crippen LogP contribution in [-0.4, -0.2) is 37.6 Å². The van der Waals surface area contributed by atoms with E-state index in [-0.39, 0.29) is 5.75 Å². The molecule has 21 heavy (non-hydrogen) atoms. The Bertz CT molecular complexity index is 436. The molecular weight excluding hydrogens is 273 g/mol. The molecule has 4 nitrogen and oxygen atoms in total. The van der Waals surface area contributed by atoms with Gasteiger partial charge >= 0.3 is 0 Å². The van der Waals surface area contributed by atoms with Crippen LogP contribution in [0.25, 0.3) is 0 Å². The molecule has 1 fully saturated rings. The molecule has 1 aliphatic rings. The predicted molar refractivity (Wildman–Crippen MR) is 80.3 cm³/mol. The standard InChI is InChI=1S/C16H24FNO3/c1-20-16-9-12(7-8-15(16)17)18-10-13(19)11-21-14-5-3-2-4-6-14/h7-9,13-14,18-19H,2-6,10-11H2,1H3. The van der Waals surface area contributed by atoms with E-state index in [0.29, 0.717) is 24.9 Å². The van der Waals surface area contributed by atoms with Crippen molar-refractivity contribution in [2.45, 2.75) is 44.3 Å². The molecule has 2 N–H and O–H groups in total. The van der Waals surface area contributed by atoms with Crippen LogP contribution in [0.4, 0.5) is 10.1 Å². The number of benzene rings is 1. The van der Waals surface area contributed by atoms with Crippen LogP contribution < -0.4 is 10.1 Å². The van der Waals surface area contributed by atoms with E-state index in [2.05, 4.69) is 5.32 Å². The van der Waals surface area contributed by atoms with Gasteiger partial charge in [0.25, 0.3) is 0 Å². The van der Waals surface area contributed by atoms with Crippen molar-refractivity contribution in [3.05, 3.63) is 24.0 Å². The van der Waals surface area contributed by atoms with E-state index in [0.717, 1.165) is 12.8 Å². The second-order valence-electron chi connectivity index (χ2n) is 5.48. The Hall–Kier alpha value is -1.33. The van der Waals surface area contributed by atoms with E-state index in [1.807, 2.05) is 0 Å². The number of hydrogen-bond donors (Lipinski definition) is 2. The first-order valence-corrected chi connectivity index (χ1v) is 7.56. The number of hydrogen-bond acceptors (Lipinski definition) is 4. The van der Waals surface area contributed by atoms with Crippen LogP contribution in [-0.2, 0) is 4.74 Å². The monoisotopic (exact) mass is 297 g/mol. The van der Waals surface area contributed by atoms with Crippen LogP contribution in [0.2, 0.25) is 0 Å². The van der Waals surface area contributed by atoms with Crippen molar-refractivity contribution in [1.29, 1.82) is 0 Å². The van der Waals surface area contributed by atoms with Gasteiger partial charge in [0.05, 0.1) is 25.9 Å². The maximum atomic E-state index is 13.3. The number of nitrogens with one attached hydrogen (secondary N) is 1. The van der Waals surface area contributed by atoms with E-state index in [9.17, 15) is 9.50 Å². The van der Waals surface area contributed by atoms with Crippen LogP contribution in [0.5, 0.6) is 5.75 Å². The topological polar surface area (TPSA) is 50.7 Å². The molecule has 0 saturated heterocycles. The molecule has 1 saturated carbocycles. The van der Waals surface area contributed by atoms with Gasteiger partial charge < -0.3 is 19.9 Å². The summed E-state index contributed by atoms with van der Waals surface area (Å²) in [5.74, 6) is -0.211. The Labute approximate surface area is 125 Å². The molecule has 0 heterocycles. The summed E-state index contributed by atoms with van der Waals surface area (Å²) in [5, 5.41) is 13.0. The number of aliphatic hydroxyl groups is 1. The highest BCUT2D eigenvalue weighted by atomic mass is 19.1. The summed E-state index contributed by atoms with van der Waals surface area (Å²) in [6.45, 7) is 0.692. The summed E-state index contributed by atoms with van der Waals surface area (Å²) in [6.07, 6.45) is 5.62. The van der Waals surface area contributed by atoms with Gasteiger partial charge in [-0.05, 0) is 25.0 Å². The number of anilines is 1. The highest BCUT2D eigenvalue weighted by molar-refractivity contribution is 5.48. The lowest BCUT2D eigenvalue weighted by molar-refractivity contribution is -0.0195. The summed E-state index contributed by atoms with van der Waals surface area (Å²) < 4.78 is 23.9. The molecule has 1 aromatic carbocycles. The minimum atomic E-state index is -0.581. The third-order valence-corrected chi connectivity index (χ3v) is 3.77. The van der Waals surface area contributed by atoms with Gasteiger partial charge in [-0.2, -0.15) is 0 Å². The van der Waals surface area contributed by atoms with Crippen molar-refractivity contribution < 1.29 is 19.0 Å². The van der Waals surface area contributed by atoms with Gasteiger partial charge in [0.15, 0.2) is 11.6 Å². The lowest BCUT2D eigenvalue weighted by Crippen LogP contribution is -2.28. The average molecular weight is 297 g/mol. The fourth-order valence-electron chi connectivity index (χ4n) is 2.54. The summed E-state index contributed by atoms with van der Waals surface area (Å²) in [5.41, 5.74) is 0.713. The average Bonchev–Trinajstić information content (AvgIpc) is 2.53. The second-order valence-corrected chi connectivity index (χ2v) is 5.48. The van der Waals surface area contributed by atoms with Crippen LogP contribution >= 0.6 is 0 Å². The van der Waals surface area contributed by atoms with Gasteiger partial charge in [0.1, 0.15) is 0 Å². The number of ether oxygens (including phenoxy) is 2. The summed E-state index contributed by atoms with van der Waals surface area (Å²) in [4.78, 5) is 0. The van der Waals surface area contributed by atoms with Crippen LogP contribution in [0.15, 0.2) is 18.2 Å². The number of rotatable bonds is 7. The Kier molecular flexibility index (Phi) is 6.26. The number of methoxy groups -OCH3 is 1. The molecule has 0 aliphatic heterocycles. The van der Waals surface area contributed by atoms with Crippen molar-refractivity contribution in [1.82, 2.24) is 0 Å². The third-order valence-electron chi connectivity index (χ3n) is 3.77. The largest absolute Gasteiger partial charge is 0.494 e. The first-order chi connectivity index (χ1) is 10.2. The van der Waals surface area contributed by atoms with Gasteiger partial charge in [-0.3, -0.25) is 0 Å². The summed E-state index contributed by atoms with van der Waals surface area (Å²) in [7, 11) is 1.43. The van der Waals surface area contributed by atoms with Crippen LogP contribution in [0.3, 0.4) is 0 Å². The van der Waals surface area contributed by atoms with E-state index in [4.69, 9.17) is 9.47 Å². The van der Waals surface area contributed by atoms with Crippen LogP contribution in [0.1, 0.15) is 32.1 Å². The Morgan fingerprint density at radius 1 is 1.33 bits per heavy atom. The molecule has 1 unspecified atom stereocenters. The maximum Gasteiger partial charge on any atom is 0.165 e. The quantitative estimate of drug-likeness (QED) is 0.812. The van der Waals surface area contributed by atoms with Gasteiger partial charge in [-0.1, -0.05) is 19.3 Å². The van der Waals surface area contributed by atoms with Crippen molar-refractivity contribution in [3.63, 3.8) is 0 Å². The molecule has 0 spiro atoms. The van der Waals surface area contributed by atoms with E-state index in [1.54, 1.807) is 12.1 Å². The number of halogens is 1. The second kappa shape index (κ2) is 8.20. The van der Waals surface area contributed by atoms with Crippen molar-refractivity contribution >= 4 is 5.69 Å². The molecule has 1 aromatic rings. The van der Waals surface area contributed by atoms with Crippen molar-refractivity contribution in [2.75, 3.05) is 25.6 Å². The zero-order valence-electron chi connectivity index (χ0n) is 12.5. The fraction of sp³-hybridized carbons (Fsp3) is 0.625. The Balaban J connectivity index is 1.71. The van der Waals surface area contributed by atoms with Crippen molar-refractivity contribution in [3.8, 4) is 5.75 Å². The summed E-state index contributed by atoms with van der Waals surface area (Å²) in [6, 6.07) is 4.53. The zero-order chi connectivity index (χ0) is 15.1. The highest BCUT2D eigenvalue weighted by Crippen LogP contribution is 2.22. The molecule has 0 aromatic heterocycles. The minimum absolute atomic E-state index is 0.188. The van der Waals surface area contributed by atoms with Gasteiger partial charge in [0, 0.05) is 18.3 Å². The first kappa shape index (κ1) is 16.0. The van der Waals surface area contributed by atoms with Gasteiger partial charge in [0.2, 0.25) is 0 Å². The Morgan fingerprint density at radius 3 is 2.81 bits per heavy atom. The van der Waals surface area contributed by atoms with E-state index in [1.165, 1.54) is 32.4 Å². The SMILES string of the molecule is COc1cc(NCC(O)COC2CCCCC2)ccc1F. The van der Waals surface area contributed by atoms with Crippen LogP contribution in [0, 0.1) is 5.82 Å². The predicted octanol–water partition coefficient (Wildman–Crippen LogP) is 2.96. The molecular formula is C16H24FNO3. The smallest absolute Gasteiger partial charge is 0.165 e. The minimum Gasteiger partial charge on any atom is -0.494 e. The van der Waals surface area contributed by atoms with E-state index >= 15 is 0 Å². The third kappa shape index (κ3) is 5.17. The fourth-order valence-corrected chi connectivity index (χ4v) is 2.54. The Morgan fingerprint density at radius 2 is 2.10 bits per heavy atom.